The first-order valence-electron chi connectivity index (χ1n) is 9.79. The molecule has 0 spiro atoms. The smallest absolute Gasteiger partial charge is 0.346 e. The fourth-order valence-electron chi connectivity index (χ4n) is 3.74. The molecular weight excluding hydrogens is 435 g/mol. The van der Waals surface area contributed by atoms with Gasteiger partial charge in [0.15, 0.2) is 0 Å². The first-order valence-corrected chi connectivity index (χ1v) is 11.2. The monoisotopic (exact) mass is 457 g/mol. The Morgan fingerprint density at radius 1 is 1.35 bits per heavy atom. The van der Waals surface area contributed by atoms with Crippen molar-refractivity contribution in [1.29, 1.82) is 0 Å². The van der Waals surface area contributed by atoms with Gasteiger partial charge in [-0.3, -0.25) is 9.69 Å². The summed E-state index contributed by atoms with van der Waals surface area (Å²) in [5.41, 5.74) is 2.30. The maximum Gasteiger partial charge on any atom is 0.402 e. The van der Waals surface area contributed by atoms with Gasteiger partial charge in [-0.2, -0.15) is 30.2 Å². The minimum Gasteiger partial charge on any atom is -0.346 e. The second-order valence-electron chi connectivity index (χ2n) is 7.73. The van der Waals surface area contributed by atoms with Crippen LogP contribution in [0.1, 0.15) is 24.8 Å². The lowest BCUT2D eigenvalue weighted by Crippen LogP contribution is -2.46. The van der Waals surface area contributed by atoms with E-state index in [0.717, 1.165) is 47.1 Å². The van der Waals surface area contributed by atoms with E-state index in [1.807, 2.05) is 12.1 Å². The molecule has 0 bridgehead atoms. The van der Waals surface area contributed by atoms with E-state index in [2.05, 4.69) is 9.97 Å². The van der Waals surface area contributed by atoms with Gasteiger partial charge in [-0.1, -0.05) is 6.08 Å². The van der Waals surface area contributed by atoms with Gasteiger partial charge in [0.25, 0.3) is 10.2 Å². The predicted molar refractivity (Wildman–Crippen MR) is 109 cm³/mol. The highest BCUT2D eigenvalue weighted by molar-refractivity contribution is 7.86. The van der Waals surface area contributed by atoms with E-state index in [0.29, 0.717) is 22.2 Å². The molecule has 1 aliphatic heterocycles. The van der Waals surface area contributed by atoms with Crippen LogP contribution in [0.2, 0.25) is 0 Å². The van der Waals surface area contributed by atoms with Crippen molar-refractivity contribution in [2.45, 2.75) is 31.5 Å². The minimum atomic E-state index is -4.61. The lowest BCUT2D eigenvalue weighted by Gasteiger charge is -2.30. The summed E-state index contributed by atoms with van der Waals surface area (Å²) in [6.07, 6.45) is 1.75. The van der Waals surface area contributed by atoms with Crippen LogP contribution in [0.3, 0.4) is 0 Å². The van der Waals surface area contributed by atoms with E-state index in [1.54, 1.807) is 17.2 Å². The quantitative estimate of drug-likeness (QED) is 0.647. The van der Waals surface area contributed by atoms with Gasteiger partial charge < -0.3 is 4.98 Å². The largest absolute Gasteiger partial charge is 0.402 e. The standard InChI is InChI=1S/C19H22F3N5O3S/c1-25(11-19(20,21)22)31(29,30)26-8-5-13(6-9-26)16-10-17(27(12-28)14-2-3-14)24-18-15(16)4-7-23-18/h4-5,7,10,12,14H,2-3,6,8-9,11H2,1H3,(H,23,24). The fraction of sp³-hybridized carbons (Fsp3) is 0.474. The maximum absolute atomic E-state index is 12.6. The second kappa shape index (κ2) is 7.92. The number of anilines is 1. The number of aromatic amines is 1. The molecule has 3 heterocycles. The molecule has 2 aromatic rings. The molecule has 0 radical (unpaired) electrons. The topological polar surface area (TPSA) is 89.6 Å². The van der Waals surface area contributed by atoms with E-state index in [1.165, 1.54) is 0 Å². The molecule has 1 amide bonds. The molecular formula is C19H22F3N5O3S. The summed E-state index contributed by atoms with van der Waals surface area (Å²) >= 11 is 0. The van der Waals surface area contributed by atoms with Crippen molar-refractivity contribution in [3.8, 4) is 0 Å². The minimum absolute atomic E-state index is 0.0382. The summed E-state index contributed by atoms with van der Waals surface area (Å²) in [5, 5.41) is 0.835. The Kier molecular flexibility index (Phi) is 5.56. The molecule has 31 heavy (non-hydrogen) atoms. The number of nitrogens with one attached hydrogen (secondary N) is 1. The highest BCUT2D eigenvalue weighted by Crippen LogP contribution is 2.35. The molecule has 1 saturated carbocycles. The Morgan fingerprint density at radius 3 is 2.68 bits per heavy atom. The molecule has 2 aliphatic rings. The number of nitrogens with zero attached hydrogens (tertiary/aromatic N) is 4. The van der Waals surface area contributed by atoms with Crippen molar-refractivity contribution in [3.05, 3.63) is 30.0 Å². The summed E-state index contributed by atoms with van der Waals surface area (Å²) in [4.78, 5) is 20.7. The lowest BCUT2D eigenvalue weighted by atomic mass is 9.98. The Labute approximate surface area is 177 Å². The van der Waals surface area contributed by atoms with Crippen LogP contribution in [0.15, 0.2) is 24.4 Å². The summed E-state index contributed by atoms with van der Waals surface area (Å²) in [6.45, 7) is -1.52. The van der Waals surface area contributed by atoms with Gasteiger partial charge in [0.1, 0.15) is 18.0 Å². The summed E-state index contributed by atoms with van der Waals surface area (Å²) in [7, 11) is -3.31. The molecule has 2 aromatic heterocycles. The van der Waals surface area contributed by atoms with E-state index >= 15 is 0 Å². The third-order valence-electron chi connectivity index (χ3n) is 5.47. The average molecular weight is 457 g/mol. The Bertz CT molecular complexity index is 1120. The molecule has 0 unspecified atom stereocenters. The average Bonchev–Trinajstić information content (AvgIpc) is 3.42. The van der Waals surface area contributed by atoms with Crippen LogP contribution in [0, 0.1) is 0 Å². The molecule has 168 valence electrons. The zero-order valence-electron chi connectivity index (χ0n) is 16.8. The Hall–Kier alpha value is -2.44. The van der Waals surface area contributed by atoms with Crippen LogP contribution in [0.5, 0.6) is 0 Å². The Balaban J connectivity index is 1.61. The molecule has 1 fully saturated rings. The van der Waals surface area contributed by atoms with Crippen LogP contribution in [-0.4, -0.2) is 72.3 Å². The van der Waals surface area contributed by atoms with Gasteiger partial charge in [0, 0.05) is 37.8 Å². The zero-order valence-corrected chi connectivity index (χ0v) is 17.6. The first-order chi connectivity index (χ1) is 14.6. The van der Waals surface area contributed by atoms with Crippen molar-refractivity contribution in [2.24, 2.45) is 0 Å². The van der Waals surface area contributed by atoms with Crippen molar-refractivity contribution in [3.63, 3.8) is 0 Å². The van der Waals surface area contributed by atoms with Gasteiger partial charge in [-0.25, -0.2) is 4.98 Å². The number of hydrogen-bond donors (Lipinski definition) is 1. The number of H-pyrrole nitrogens is 1. The van der Waals surface area contributed by atoms with Crippen LogP contribution >= 0.6 is 0 Å². The number of halogens is 3. The molecule has 1 N–H and O–H groups in total. The second-order valence-corrected chi connectivity index (χ2v) is 9.76. The molecule has 0 aromatic carbocycles. The Morgan fingerprint density at radius 2 is 2.10 bits per heavy atom. The van der Waals surface area contributed by atoms with Gasteiger partial charge >= 0.3 is 6.18 Å². The third-order valence-corrected chi connectivity index (χ3v) is 7.37. The van der Waals surface area contributed by atoms with Crippen LogP contribution in [-0.2, 0) is 15.0 Å². The number of fused-ring (bicyclic) bond motifs is 1. The van der Waals surface area contributed by atoms with Crippen molar-refractivity contribution >= 4 is 39.0 Å². The third kappa shape index (κ3) is 4.46. The van der Waals surface area contributed by atoms with Gasteiger partial charge in [-0.05, 0) is 42.5 Å². The summed E-state index contributed by atoms with van der Waals surface area (Å²) in [5.74, 6) is 0.517. The van der Waals surface area contributed by atoms with E-state index in [-0.39, 0.29) is 19.1 Å². The number of alkyl halides is 3. The van der Waals surface area contributed by atoms with Gasteiger partial charge in [0.05, 0.1) is 0 Å². The first kappa shape index (κ1) is 21.8. The molecule has 1 aliphatic carbocycles. The number of carbonyl (C=O) groups excluding carboxylic acids is 1. The summed E-state index contributed by atoms with van der Waals surface area (Å²) in [6, 6.07) is 3.80. The summed E-state index contributed by atoms with van der Waals surface area (Å²) < 4.78 is 64.2. The maximum atomic E-state index is 12.6. The zero-order chi connectivity index (χ0) is 22.4. The van der Waals surface area contributed by atoms with Crippen molar-refractivity contribution in [2.75, 3.05) is 31.6 Å². The van der Waals surface area contributed by atoms with Gasteiger partial charge in [0.2, 0.25) is 6.41 Å². The number of pyridine rings is 1. The van der Waals surface area contributed by atoms with Crippen molar-refractivity contribution < 1.29 is 26.4 Å². The van der Waals surface area contributed by atoms with Crippen LogP contribution in [0.4, 0.5) is 19.0 Å². The number of rotatable bonds is 7. The number of hydrogen-bond acceptors (Lipinski definition) is 4. The number of aromatic nitrogens is 2. The lowest BCUT2D eigenvalue weighted by molar-refractivity contribution is -0.134. The molecule has 4 rings (SSSR count). The number of carbonyl (C=O) groups is 1. The number of amides is 1. The SMILES string of the molecule is CN(CC(F)(F)F)S(=O)(=O)N1CC=C(c2cc(N(C=O)C3CC3)nc3[nH]ccc23)CC1. The molecule has 8 nitrogen and oxygen atoms in total. The van der Waals surface area contributed by atoms with Crippen LogP contribution < -0.4 is 4.90 Å². The van der Waals surface area contributed by atoms with Crippen LogP contribution in [0.25, 0.3) is 16.6 Å². The van der Waals surface area contributed by atoms with E-state index in [4.69, 9.17) is 0 Å². The molecule has 0 saturated heterocycles. The normalized spacial score (nSPS) is 18.4. The van der Waals surface area contributed by atoms with E-state index < -0.39 is 22.9 Å². The predicted octanol–water partition coefficient (Wildman–Crippen LogP) is 2.52. The highest BCUT2D eigenvalue weighted by Gasteiger charge is 2.37. The van der Waals surface area contributed by atoms with E-state index in [9.17, 15) is 26.4 Å². The molecule has 0 atom stereocenters. The molecule has 12 heteroatoms. The fourth-order valence-corrected chi connectivity index (χ4v) is 5.03. The van der Waals surface area contributed by atoms with Gasteiger partial charge in [-0.15, -0.1) is 0 Å². The highest BCUT2D eigenvalue weighted by atomic mass is 32.2. The van der Waals surface area contributed by atoms with Crippen molar-refractivity contribution in [1.82, 2.24) is 18.6 Å².